The highest BCUT2D eigenvalue weighted by molar-refractivity contribution is 5.84. The lowest BCUT2D eigenvalue weighted by Crippen LogP contribution is -2.23. The minimum atomic E-state index is -0.718. The molecule has 0 spiro atoms. The summed E-state index contributed by atoms with van der Waals surface area (Å²) in [6, 6.07) is 13.3. The van der Waals surface area contributed by atoms with Gasteiger partial charge < -0.3 is 19.0 Å². The normalized spacial score (nSPS) is 12.4. The molecule has 0 saturated carbocycles. The van der Waals surface area contributed by atoms with Gasteiger partial charge in [0.2, 0.25) is 0 Å². The molecule has 0 unspecified atom stereocenters. The maximum atomic E-state index is 9.96. The molecule has 0 fully saturated rings. The highest BCUT2D eigenvalue weighted by Gasteiger charge is 2.09. The first-order valence-corrected chi connectivity index (χ1v) is 7.50. The number of rotatable bonds is 7. The van der Waals surface area contributed by atoms with Gasteiger partial charge in [0.05, 0.1) is 12.9 Å². The topological polar surface area (TPSA) is 64.7 Å². The lowest BCUT2D eigenvalue weighted by atomic mass is 10.2. The monoisotopic (exact) mass is 313 g/mol. The number of aliphatic hydroxyl groups is 1. The van der Waals surface area contributed by atoms with Gasteiger partial charge in [0.15, 0.2) is 0 Å². The number of hydrogen-bond donors (Lipinski definition) is 1. The molecule has 0 radical (unpaired) electrons. The average molecular weight is 313 g/mol. The number of para-hydroxylation sites is 1. The summed E-state index contributed by atoms with van der Waals surface area (Å²) in [6.45, 7) is 2.59. The van der Waals surface area contributed by atoms with Gasteiger partial charge in [-0.2, -0.15) is 0 Å². The van der Waals surface area contributed by atoms with Gasteiger partial charge in [0, 0.05) is 11.1 Å². The van der Waals surface area contributed by atoms with E-state index in [1.54, 1.807) is 12.3 Å². The van der Waals surface area contributed by atoms with Crippen molar-refractivity contribution in [2.24, 2.45) is 0 Å². The summed E-state index contributed by atoms with van der Waals surface area (Å²) in [5.74, 6) is 1.39. The van der Waals surface area contributed by atoms with E-state index in [-0.39, 0.29) is 13.2 Å². The Morgan fingerprint density at radius 1 is 1.13 bits per heavy atom. The molecule has 0 aliphatic rings. The van der Waals surface area contributed by atoms with Crippen LogP contribution in [-0.2, 0) is 11.3 Å². The Morgan fingerprint density at radius 2 is 2.04 bits per heavy atom. The van der Waals surface area contributed by atoms with Crippen LogP contribution in [0.5, 0.6) is 5.75 Å². The van der Waals surface area contributed by atoms with Gasteiger partial charge in [0.25, 0.3) is 0 Å². The molecule has 0 aliphatic carbocycles. The van der Waals surface area contributed by atoms with E-state index < -0.39 is 6.10 Å². The summed E-state index contributed by atoms with van der Waals surface area (Å²) >= 11 is 0. The first-order valence-electron chi connectivity index (χ1n) is 7.50. The van der Waals surface area contributed by atoms with Crippen molar-refractivity contribution in [2.45, 2.75) is 19.6 Å². The molecule has 2 aromatic heterocycles. The van der Waals surface area contributed by atoms with E-state index in [1.165, 1.54) is 0 Å². The van der Waals surface area contributed by atoms with Crippen molar-refractivity contribution in [1.82, 2.24) is 4.98 Å². The maximum absolute atomic E-state index is 9.96. The number of ether oxygens (including phenoxy) is 2. The van der Waals surface area contributed by atoms with Crippen molar-refractivity contribution in [3.8, 4) is 5.75 Å². The van der Waals surface area contributed by atoms with Crippen molar-refractivity contribution >= 4 is 10.9 Å². The van der Waals surface area contributed by atoms with Crippen molar-refractivity contribution < 1.29 is 19.0 Å². The molecule has 0 amide bonds. The zero-order valence-electron chi connectivity index (χ0n) is 12.9. The molecular weight excluding hydrogens is 294 g/mol. The van der Waals surface area contributed by atoms with E-state index in [0.29, 0.717) is 12.4 Å². The van der Waals surface area contributed by atoms with E-state index in [4.69, 9.17) is 13.9 Å². The number of benzene rings is 1. The summed E-state index contributed by atoms with van der Waals surface area (Å²) in [4.78, 5) is 4.50. The van der Waals surface area contributed by atoms with Crippen LogP contribution in [0.4, 0.5) is 0 Å². The van der Waals surface area contributed by atoms with Gasteiger partial charge >= 0.3 is 0 Å². The minimum absolute atomic E-state index is 0.146. The van der Waals surface area contributed by atoms with E-state index in [0.717, 1.165) is 22.4 Å². The van der Waals surface area contributed by atoms with Crippen molar-refractivity contribution in [2.75, 3.05) is 13.2 Å². The molecule has 5 heteroatoms. The Labute approximate surface area is 134 Å². The van der Waals surface area contributed by atoms with Crippen LogP contribution in [-0.4, -0.2) is 29.4 Å². The molecule has 0 bridgehead atoms. The van der Waals surface area contributed by atoms with Crippen LogP contribution >= 0.6 is 0 Å². The van der Waals surface area contributed by atoms with Gasteiger partial charge in [-0.05, 0) is 31.2 Å². The molecule has 1 N–H and O–H groups in total. The van der Waals surface area contributed by atoms with E-state index in [1.807, 2.05) is 43.3 Å². The van der Waals surface area contributed by atoms with Gasteiger partial charge in [0.1, 0.15) is 36.3 Å². The van der Waals surface area contributed by atoms with Crippen LogP contribution in [0.15, 0.2) is 53.1 Å². The summed E-state index contributed by atoms with van der Waals surface area (Å²) in [6.07, 6.45) is 0.873. The van der Waals surface area contributed by atoms with Gasteiger partial charge in [-0.25, -0.2) is 4.98 Å². The predicted molar refractivity (Wildman–Crippen MR) is 86.3 cm³/mol. The molecule has 0 aliphatic heterocycles. The fraction of sp³-hybridized carbons (Fsp3) is 0.278. The first-order chi connectivity index (χ1) is 11.2. The van der Waals surface area contributed by atoms with Gasteiger partial charge in [-0.3, -0.25) is 0 Å². The number of hydrogen-bond acceptors (Lipinski definition) is 5. The molecule has 3 rings (SSSR count). The lowest BCUT2D eigenvalue weighted by Gasteiger charge is -2.13. The number of aromatic nitrogens is 1. The second kappa shape index (κ2) is 7.26. The Kier molecular flexibility index (Phi) is 4.90. The Hall–Kier alpha value is -2.37. The Morgan fingerprint density at radius 3 is 2.87 bits per heavy atom. The second-order valence-corrected chi connectivity index (χ2v) is 5.34. The summed E-state index contributed by atoms with van der Waals surface area (Å²) in [5, 5.41) is 11.0. The number of nitrogens with zero attached hydrogens (tertiary/aromatic N) is 1. The van der Waals surface area contributed by atoms with Crippen LogP contribution in [0.3, 0.4) is 0 Å². The third-order valence-electron chi connectivity index (χ3n) is 3.39. The standard InChI is InChI=1S/C18H19NO4/c1-13-7-8-14-4-2-6-17(18(14)19-13)23-11-15(20)10-21-12-16-5-3-9-22-16/h2-9,15,20H,10-12H2,1H3/t15-/m1/s1. The molecule has 5 nitrogen and oxygen atoms in total. The van der Waals surface area contributed by atoms with Gasteiger partial charge in [-0.1, -0.05) is 18.2 Å². The highest BCUT2D eigenvalue weighted by Crippen LogP contribution is 2.24. The average Bonchev–Trinajstić information content (AvgIpc) is 3.06. The highest BCUT2D eigenvalue weighted by atomic mass is 16.5. The molecule has 120 valence electrons. The fourth-order valence-corrected chi connectivity index (χ4v) is 2.26. The summed E-state index contributed by atoms with van der Waals surface area (Å²) in [7, 11) is 0. The number of fused-ring (bicyclic) bond motifs is 1. The quantitative estimate of drug-likeness (QED) is 0.726. The van der Waals surface area contributed by atoms with Crippen LogP contribution in [0.1, 0.15) is 11.5 Å². The van der Waals surface area contributed by atoms with Crippen LogP contribution in [0.2, 0.25) is 0 Å². The molecule has 0 saturated heterocycles. The smallest absolute Gasteiger partial charge is 0.145 e. The van der Waals surface area contributed by atoms with Crippen molar-refractivity contribution in [3.63, 3.8) is 0 Å². The van der Waals surface area contributed by atoms with Crippen LogP contribution < -0.4 is 4.74 Å². The molecule has 2 heterocycles. The molecule has 1 aromatic carbocycles. The largest absolute Gasteiger partial charge is 0.489 e. The van der Waals surface area contributed by atoms with Crippen molar-refractivity contribution in [3.05, 3.63) is 60.2 Å². The minimum Gasteiger partial charge on any atom is -0.489 e. The summed E-state index contributed by atoms with van der Waals surface area (Å²) < 4.78 is 16.3. The van der Waals surface area contributed by atoms with E-state index in [9.17, 15) is 5.11 Å². The molecular formula is C18H19NO4. The third kappa shape index (κ3) is 4.09. The lowest BCUT2D eigenvalue weighted by molar-refractivity contribution is 0.00110. The first kappa shape index (κ1) is 15.5. The van der Waals surface area contributed by atoms with Crippen molar-refractivity contribution in [1.29, 1.82) is 0 Å². The van der Waals surface area contributed by atoms with E-state index >= 15 is 0 Å². The molecule has 23 heavy (non-hydrogen) atoms. The number of aryl methyl sites for hydroxylation is 1. The van der Waals surface area contributed by atoms with Crippen LogP contribution in [0, 0.1) is 6.92 Å². The summed E-state index contributed by atoms with van der Waals surface area (Å²) in [5.41, 5.74) is 1.73. The number of furan rings is 1. The Bertz CT molecular complexity index is 755. The third-order valence-corrected chi connectivity index (χ3v) is 3.39. The molecule has 1 atom stereocenters. The fourth-order valence-electron chi connectivity index (χ4n) is 2.26. The van der Waals surface area contributed by atoms with E-state index in [2.05, 4.69) is 4.98 Å². The molecule has 3 aromatic rings. The predicted octanol–water partition coefficient (Wildman–Crippen LogP) is 3.09. The zero-order valence-corrected chi connectivity index (χ0v) is 12.9. The maximum Gasteiger partial charge on any atom is 0.145 e. The number of aliphatic hydroxyl groups excluding tert-OH is 1. The SMILES string of the molecule is Cc1ccc2cccc(OC[C@H](O)COCc3ccco3)c2n1. The Balaban J connectivity index is 1.54. The van der Waals surface area contributed by atoms with Gasteiger partial charge in [-0.15, -0.1) is 0 Å². The number of pyridine rings is 1. The zero-order chi connectivity index (χ0) is 16.1. The second-order valence-electron chi connectivity index (χ2n) is 5.34. The van der Waals surface area contributed by atoms with Crippen LogP contribution in [0.25, 0.3) is 10.9 Å².